The highest BCUT2D eigenvalue weighted by molar-refractivity contribution is 7.89. The zero-order chi connectivity index (χ0) is 20.6. The molecule has 0 fully saturated rings. The number of nitrogens with zero attached hydrogens (tertiary/aromatic N) is 2. The molecule has 4 rings (SSSR count). The molecule has 0 unspecified atom stereocenters. The van der Waals surface area contributed by atoms with Crippen LogP contribution < -0.4 is 0 Å². The topological polar surface area (TPSA) is 70.5 Å². The number of hydrogen-bond acceptors (Lipinski definition) is 4. The molecule has 0 saturated carbocycles. The van der Waals surface area contributed by atoms with E-state index < -0.39 is 28.0 Å². The Kier molecular flexibility index (Phi) is 5.40. The number of pyridine rings is 1. The molecule has 3 aromatic rings. The van der Waals surface area contributed by atoms with Crippen molar-refractivity contribution in [2.24, 2.45) is 0 Å². The minimum Gasteiger partial charge on any atom is -0.387 e. The Morgan fingerprint density at radius 1 is 1.10 bits per heavy atom. The van der Waals surface area contributed by atoms with E-state index in [1.807, 2.05) is 0 Å². The van der Waals surface area contributed by atoms with Gasteiger partial charge in [0.15, 0.2) is 0 Å². The van der Waals surface area contributed by atoms with E-state index in [2.05, 4.69) is 4.98 Å². The molecule has 0 bridgehead atoms. The second-order valence-electron chi connectivity index (χ2n) is 6.87. The third-order valence-corrected chi connectivity index (χ3v) is 7.39. The first-order valence-corrected chi connectivity index (χ1v) is 10.8. The molecule has 150 valence electrons. The van der Waals surface area contributed by atoms with Crippen molar-refractivity contribution < 1.29 is 17.9 Å². The van der Waals surface area contributed by atoms with Gasteiger partial charge in [-0.3, -0.25) is 4.98 Å². The maximum Gasteiger partial charge on any atom is 0.244 e. The van der Waals surface area contributed by atoms with Gasteiger partial charge in [-0.1, -0.05) is 41.9 Å². The van der Waals surface area contributed by atoms with E-state index in [-0.39, 0.29) is 28.4 Å². The van der Waals surface area contributed by atoms with Crippen molar-refractivity contribution in [3.8, 4) is 0 Å². The van der Waals surface area contributed by atoms with E-state index in [1.165, 1.54) is 22.5 Å². The average Bonchev–Trinajstić information content (AvgIpc) is 2.72. The monoisotopic (exact) mass is 432 g/mol. The van der Waals surface area contributed by atoms with Gasteiger partial charge in [-0.05, 0) is 36.2 Å². The van der Waals surface area contributed by atoms with Gasteiger partial charge in [0.2, 0.25) is 10.0 Å². The number of aromatic nitrogens is 1. The average molecular weight is 433 g/mol. The van der Waals surface area contributed by atoms with Crippen LogP contribution in [0.3, 0.4) is 0 Å². The molecule has 1 aliphatic heterocycles. The maximum atomic E-state index is 14.4. The van der Waals surface area contributed by atoms with Crippen LogP contribution in [0.1, 0.15) is 22.8 Å². The smallest absolute Gasteiger partial charge is 0.244 e. The number of sulfonamides is 1. The third kappa shape index (κ3) is 3.67. The molecule has 8 heteroatoms. The number of hydrogen-bond donors (Lipinski definition) is 1. The molecule has 2 heterocycles. The van der Waals surface area contributed by atoms with Gasteiger partial charge in [-0.2, -0.15) is 4.31 Å². The first kappa shape index (κ1) is 20.0. The van der Waals surface area contributed by atoms with E-state index in [0.717, 1.165) is 0 Å². The highest BCUT2D eigenvalue weighted by Crippen LogP contribution is 2.39. The quantitative estimate of drug-likeness (QED) is 0.682. The number of benzene rings is 2. The summed E-state index contributed by atoms with van der Waals surface area (Å²) in [5, 5.41) is 11.2. The molecule has 0 radical (unpaired) electrons. The molecule has 2 aromatic carbocycles. The summed E-state index contributed by atoms with van der Waals surface area (Å²) >= 11 is 6.18. The van der Waals surface area contributed by atoms with Crippen molar-refractivity contribution in [3.63, 3.8) is 0 Å². The summed E-state index contributed by atoms with van der Waals surface area (Å²) in [7, 11) is -3.93. The van der Waals surface area contributed by atoms with Gasteiger partial charge < -0.3 is 5.11 Å². The van der Waals surface area contributed by atoms with Crippen molar-refractivity contribution in [2.45, 2.75) is 30.0 Å². The lowest BCUT2D eigenvalue weighted by molar-refractivity contribution is 0.0765. The van der Waals surface area contributed by atoms with Crippen LogP contribution in [0, 0.1) is 5.82 Å². The Hall–Kier alpha value is -2.32. The van der Waals surface area contributed by atoms with Crippen LogP contribution in [-0.4, -0.2) is 28.9 Å². The Morgan fingerprint density at radius 3 is 2.62 bits per heavy atom. The van der Waals surface area contributed by atoms with Crippen molar-refractivity contribution >= 4 is 21.6 Å². The Morgan fingerprint density at radius 2 is 1.90 bits per heavy atom. The van der Waals surface area contributed by atoms with Gasteiger partial charge in [0.25, 0.3) is 0 Å². The number of aliphatic hydroxyl groups excluding tert-OH is 1. The second-order valence-corrected chi connectivity index (χ2v) is 9.13. The van der Waals surface area contributed by atoms with Gasteiger partial charge in [-0.15, -0.1) is 0 Å². The highest BCUT2D eigenvalue weighted by atomic mass is 35.5. The summed E-state index contributed by atoms with van der Waals surface area (Å²) in [5.74, 6) is -0.540. The zero-order valence-electron chi connectivity index (χ0n) is 15.2. The van der Waals surface area contributed by atoms with Gasteiger partial charge in [-0.25, -0.2) is 12.8 Å². The number of rotatable bonds is 4. The summed E-state index contributed by atoms with van der Waals surface area (Å²) < 4.78 is 42.4. The van der Waals surface area contributed by atoms with Crippen LogP contribution in [0.4, 0.5) is 4.39 Å². The summed E-state index contributed by atoms with van der Waals surface area (Å²) in [5.41, 5.74) is 1.13. The molecule has 0 spiro atoms. The fourth-order valence-corrected chi connectivity index (χ4v) is 5.75. The van der Waals surface area contributed by atoms with Crippen LogP contribution in [0.15, 0.2) is 71.9 Å². The SMILES string of the molecule is O=S1(=O)c2ccccc2[C@@H](O)[C@H](Cc2c(F)cccc2Cl)N1Cc1cccnc1. The fourth-order valence-electron chi connectivity index (χ4n) is 3.65. The number of fused-ring (bicyclic) bond motifs is 1. The van der Waals surface area contributed by atoms with Crippen molar-refractivity contribution in [2.75, 3.05) is 0 Å². The van der Waals surface area contributed by atoms with Crippen molar-refractivity contribution in [3.05, 3.63) is 94.5 Å². The van der Waals surface area contributed by atoms with Crippen LogP contribution in [0.25, 0.3) is 0 Å². The Balaban J connectivity index is 1.83. The molecular weight excluding hydrogens is 415 g/mol. The van der Waals surface area contributed by atoms with Crippen LogP contribution >= 0.6 is 11.6 Å². The van der Waals surface area contributed by atoms with E-state index in [4.69, 9.17) is 11.6 Å². The lowest BCUT2D eigenvalue weighted by Crippen LogP contribution is -2.48. The summed E-state index contributed by atoms with van der Waals surface area (Å²) in [6.45, 7) is -0.00168. The zero-order valence-corrected chi connectivity index (χ0v) is 16.8. The minimum absolute atomic E-state index is 0.00168. The van der Waals surface area contributed by atoms with Gasteiger partial charge in [0, 0.05) is 35.1 Å². The summed E-state index contributed by atoms with van der Waals surface area (Å²) in [6.07, 6.45) is 1.95. The molecule has 29 heavy (non-hydrogen) atoms. The largest absolute Gasteiger partial charge is 0.387 e. The fraction of sp³-hybridized carbons (Fsp3) is 0.190. The lowest BCUT2D eigenvalue weighted by atomic mass is 9.95. The van der Waals surface area contributed by atoms with Crippen LogP contribution in [0.5, 0.6) is 0 Å². The molecule has 1 N–H and O–H groups in total. The predicted molar refractivity (Wildman–Crippen MR) is 107 cm³/mol. The van der Waals surface area contributed by atoms with Crippen LogP contribution in [-0.2, 0) is 23.0 Å². The molecular formula is C21H18ClFN2O3S. The molecule has 1 aliphatic rings. The summed E-state index contributed by atoms with van der Waals surface area (Å²) in [4.78, 5) is 4.08. The minimum atomic E-state index is -3.93. The lowest BCUT2D eigenvalue weighted by Gasteiger charge is -2.39. The van der Waals surface area contributed by atoms with E-state index in [9.17, 15) is 17.9 Å². The Labute approximate surface area is 173 Å². The van der Waals surface area contributed by atoms with E-state index in [1.54, 1.807) is 48.8 Å². The normalized spacial score (nSPS) is 20.9. The van der Waals surface area contributed by atoms with Crippen LogP contribution in [0.2, 0.25) is 5.02 Å². The molecule has 1 aromatic heterocycles. The second kappa shape index (κ2) is 7.84. The van der Waals surface area contributed by atoms with Gasteiger partial charge >= 0.3 is 0 Å². The first-order valence-electron chi connectivity index (χ1n) is 9.00. The third-order valence-electron chi connectivity index (χ3n) is 5.09. The predicted octanol–water partition coefficient (Wildman–Crippen LogP) is 3.72. The standard InChI is InChI=1S/C21H18ClFN2O3S/c22-17-7-3-8-18(23)16(17)11-19-21(26)15-6-1-2-9-20(15)29(27,28)25(19)13-14-5-4-10-24-12-14/h1-10,12,19,21,26H,11,13H2/t19-,21+/m0/s1. The highest BCUT2D eigenvalue weighted by Gasteiger charge is 2.44. The van der Waals surface area contributed by atoms with Crippen molar-refractivity contribution in [1.82, 2.24) is 9.29 Å². The molecule has 2 atom stereocenters. The van der Waals surface area contributed by atoms with E-state index >= 15 is 0 Å². The van der Waals surface area contributed by atoms with E-state index in [0.29, 0.717) is 11.1 Å². The number of aliphatic hydroxyl groups is 1. The molecule has 0 amide bonds. The molecule has 5 nitrogen and oxygen atoms in total. The van der Waals surface area contributed by atoms with Gasteiger partial charge in [0.05, 0.1) is 17.0 Å². The van der Waals surface area contributed by atoms with Gasteiger partial charge in [0.1, 0.15) is 5.82 Å². The Bertz CT molecular complexity index is 1120. The first-order chi connectivity index (χ1) is 13.9. The number of halogens is 2. The summed E-state index contributed by atoms with van der Waals surface area (Å²) in [6, 6.07) is 13.2. The maximum absolute atomic E-state index is 14.4. The molecule has 0 saturated heterocycles. The molecule has 0 aliphatic carbocycles. The van der Waals surface area contributed by atoms with Crippen molar-refractivity contribution in [1.29, 1.82) is 0 Å².